The van der Waals surface area contributed by atoms with E-state index in [1.165, 1.54) is 18.7 Å². The summed E-state index contributed by atoms with van der Waals surface area (Å²) in [6.07, 6.45) is 4.64. The van der Waals surface area contributed by atoms with Crippen LogP contribution in [-0.4, -0.2) is 43.8 Å². The van der Waals surface area contributed by atoms with Crippen molar-refractivity contribution in [2.45, 2.75) is 58.1 Å². The minimum absolute atomic E-state index is 0.0125. The van der Waals surface area contributed by atoms with E-state index in [0.717, 1.165) is 62.9 Å². The van der Waals surface area contributed by atoms with E-state index < -0.39 is 0 Å². The molecular weight excluding hydrogens is 431 g/mol. The van der Waals surface area contributed by atoms with Crippen LogP contribution in [0.3, 0.4) is 0 Å². The van der Waals surface area contributed by atoms with Crippen molar-refractivity contribution in [2.24, 2.45) is 11.3 Å². The number of nitrogens with zero attached hydrogens (tertiary/aromatic N) is 1. The fraction of sp³-hybridized carbons (Fsp3) is 0.536. The van der Waals surface area contributed by atoms with E-state index >= 15 is 0 Å². The Morgan fingerprint density at radius 1 is 1.15 bits per heavy atom. The van der Waals surface area contributed by atoms with Gasteiger partial charge in [-0.05, 0) is 85.3 Å². The van der Waals surface area contributed by atoms with Crippen LogP contribution >= 0.6 is 0 Å². The van der Waals surface area contributed by atoms with Crippen molar-refractivity contribution in [3.05, 3.63) is 53.3 Å². The van der Waals surface area contributed by atoms with Crippen LogP contribution in [0.15, 0.2) is 36.4 Å². The van der Waals surface area contributed by atoms with E-state index in [4.69, 9.17) is 9.47 Å². The number of ether oxygens (including phenoxy) is 2. The van der Waals surface area contributed by atoms with E-state index in [1.54, 1.807) is 12.1 Å². The lowest BCUT2D eigenvalue weighted by atomic mass is 9.76. The molecular formula is C28H35FN2O3. The van der Waals surface area contributed by atoms with Crippen LogP contribution in [0.2, 0.25) is 0 Å². The van der Waals surface area contributed by atoms with Gasteiger partial charge < -0.3 is 14.8 Å². The van der Waals surface area contributed by atoms with Gasteiger partial charge in [-0.15, -0.1) is 0 Å². The normalized spacial score (nSPS) is 26.7. The maximum Gasteiger partial charge on any atom is 0.407 e. The number of alkyl carbamates (subject to hydrolysis) is 1. The van der Waals surface area contributed by atoms with Crippen LogP contribution in [0.25, 0.3) is 11.1 Å². The zero-order chi connectivity index (χ0) is 23.9. The number of nitrogens with one attached hydrogen (secondary N) is 1. The van der Waals surface area contributed by atoms with Gasteiger partial charge in [0.05, 0.1) is 13.2 Å². The summed E-state index contributed by atoms with van der Waals surface area (Å²) in [4.78, 5) is 15.4. The van der Waals surface area contributed by atoms with Gasteiger partial charge in [0.2, 0.25) is 0 Å². The minimum atomic E-state index is -0.312. The van der Waals surface area contributed by atoms with Crippen molar-refractivity contribution in [1.82, 2.24) is 10.2 Å². The second kappa shape index (κ2) is 9.21. The van der Waals surface area contributed by atoms with E-state index in [1.807, 2.05) is 6.07 Å². The third-order valence-corrected chi connectivity index (χ3v) is 8.62. The maximum absolute atomic E-state index is 14.7. The van der Waals surface area contributed by atoms with E-state index in [2.05, 4.69) is 36.2 Å². The molecule has 4 aliphatic rings. The Morgan fingerprint density at radius 2 is 1.91 bits per heavy atom. The molecule has 3 saturated heterocycles. The molecule has 2 aromatic rings. The van der Waals surface area contributed by atoms with Crippen molar-refractivity contribution in [3.8, 4) is 16.9 Å². The summed E-state index contributed by atoms with van der Waals surface area (Å²) in [6.45, 7) is 7.46. The van der Waals surface area contributed by atoms with Crippen LogP contribution in [0.5, 0.6) is 5.75 Å². The Hall–Kier alpha value is -2.60. The predicted octanol–water partition coefficient (Wildman–Crippen LogP) is 5.73. The Labute approximate surface area is 201 Å². The van der Waals surface area contributed by atoms with Crippen LogP contribution in [0, 0.1) is 17.2 Å². The molecule has 2 aromatic carbocycles. The van der Waals surface area contributed by atoms with Gasteiger partial charge in [-0.2, -0.15) is 0 Å². The number of rotatable bonds is 6. The minimum Gasteiger partial charge on any atom is -0.497 e. The van der Waals surface area contributed by atoms with Gasteiger partial charge in [-0.3, -0.25) is 4.90 Å². The second-order valence-corrected chi connectivity index (χ2v) is 10.2. The van der Waals surface area contributed by atoms with Gasteiger partial charge >= 0.3 is 6.09 Å². The van der Waals surface area contributed by atoms with Gasteiger partial charge in [0.15, 0.2) is 0 Å². The number of halogens is 1. The molecule has 3 aliphatic heterocycles. The highest BCUT2D eigenvalue weighted by Gasteiger charge is 2.45. The SMILES string of the molecule is CCC1(CC)Cc2cc(-c3ccc(OC)cc3F)ccc2C1NC(=O)O[C@@H]1CN2CCC1CC2. The number of benzene rings is 2. The van der Waals surface area contributed by atoms with E-state index in [0.29, 0.717) is 17.2 Å². The molecule has 0 aromatic heterocycles. The molecule has 1 amide bonds. The average molecular weight is 467 g/mol. The molecule has 0 spiro atoms. The largest absolute Gasteiger partial charge is 0.497 e. The molecule has 1 N–H and O–H groups in total. The van der Waals surface area contributed by atoms with Crippen LogP contribution in [0.1, 0.15) is 56.7 Å². The number of hydrogen-bond acceptors (Lipinski definition) is 4. The standard InChI is InChI=1S/C28H35FN2O3/c1-4-28(5-2)16-20-14-19(22-9-7-21(33-3)15-24(22)29)6-8-23(20)26(28)30-27(32)34-25-17-31-12-10-18(25)11-13-31/h6-9,14-15,18,25-26H,4-5,10-13,16-17H2,1-3H3,(H,30,32)/t25-,26?/m1/s1. The first-order valence-corrected chi connectivity index (χ1v) is 12.6. The zero-order valence-corrected chi connectivity index (χ0v) is 20.4. The number of amides is 1. The first kappa shape index (κ1) is 23.2. The highest BCUT2D eigenvalue weighted by Crippen LogP contribution is 2.51. The first-order valence-electron chi connectivity index (χ1n) is 12.6. The van der Waals surface area contributed by atoms with Crippen molar-refractivity contribution in [3.63, 3.8) is 0 Å². The molecule has 34 heavy (non-hydrogen) atoms. The van der Waals surface area contributed by atoms with Gasteiger partial charge in [0.1, 0.15) is 17.7 Å². The average Bonchev–Trinajstić information content (AvgIpc) is 3.17. The summed E-state index contributed by atoms with van der Waals surface area (Å²) >= 11 is 0. The molecule has 5 nitrogen and oxygen atoms in total. The predicted molar refractivity (Wildman–Crippen MR) is 130 cm³/mol. The van der Waals surface area contributed by atoms with E-state index in [9.17, 15) is 9.18 Å². The Kier molecular flexibility index (Phi) is 6.28. The summed E-state index contributed by atoms with van der Waals surface area (Å²) < 4.78 is 25.8. The van der Waals surface area contributed by atoms with Crippen molar-refractivity contribution in [2.75, 3.05) is 26.7 Å². The van der Waals surface area contributed by atoms with Gasteiger partial charge in [0, 0.05) is 18.2 Å². The van der Waals surface area contributed by atoms with Crippen molar-refractivity contribution < 1.29 is 18.7 Å². The number of methoxy groups -OCH3 is 1. The van der Waals surface area contributed by atoms with Gasteiger partial charge in [0.25, 0.3) is 0 Å². The van der Waals surface area contributed by atoms with Gasteiger partial charge in [-0.1, -0.05) is 32.0 Å². The molecule has 6 rings (SSSR count). The zero-order valence-electron chi connectivity index (χ0n) is 20.4. The van der Waals surface area contributed by atoms with Crippen LogP contribution in [0.4, 0.5) is 9.18 Å². The topological polar surface area (TPSA) is 50.8 Å². The quantitative estimate of drug-likeness (QED) is 0.591. The lowest BCUT2D eigenvalue weighted by molar-refractivity contribution is -0.0353. The lowest BCUT2D eigenvalue weighted by Gasteiger charge is -2.44. The Balaban J connectivity index is 1.39. The molecule has 1 unspecified atom stereocenters. The summed E-state index contributed by atoms with van der Waals surface area (Å²) in [7, 11) is 1.54. The summed E-state index contributed by atoms with van der Waals surface area (Å²) in [5.74, 6) is 0.685. The number of hydrogen-bond donors (Lipinski definition) is 1. The summed E-state index contributed by atoms with van der Waals surface area (Å²) in [5.41, 5.74) is 3.61. The highest BCUT2D eigenvalue weighted by atomic mass is 19.1. The Morgan fingerprint density at radius 3 is 2.53 bits per heavy atom. The second-order valence-electron chi connectivity index (χ2n) is 10.2. The van der Waals surface area contributed by atoms with Crippen LogP contribution in [-0.2, 0) is 11.2 Å². The molecule has 3 heterocycles. The maximum atomic E-state index is 14.7. The molecule has 1 aliphatic carbocycles. The summed E-state index contributed by atoms with van der Waals surface area (Å²) in [5, 5.41) is 3.25. The summed E-state index contributed by atoms with van der Waals surface area (Å²) in [6, 6.07) is 10.9. The van der Waals surface area contributed by atoms with Gasteiger partial charge in [-0.25, -0.2) is 9.18 Å². The highest BCUT2D eigenvalue weighted by molar-refractivity contribution is 5.70. The Bertz CT molecular complexity index is 1060. The molecule has 0 saturated carbocycles. The molecule has 2 bridgehead atoms. The van der Waals surface area contributed by atoms with Crippen molar-refractivity contribution in [1.29, 1.82) is 0 Å². The van der Waals surface area contributed by atoms with Crippen LogP contribution < -0.4 is 10.1 Å². The molecule has 182 valence electrons. The molecule has 6 heteroatoms. The lowest BCUT2D eigenvalue weighted by Crippen LogP contribution is -2.53. The monoisotopic (exact) mass is 466 g/mol. The fourth-order valence-corrected chi connectivity index (χ4v) is 6.35. The number of piperidine rings is 3. The third-order valence-electron chi connectivity index (χ3n) is 8.62. The molecule has 0 radical (unpaired) electrons. The molecule has 2 atom stereocenters. The van der Waals surface area contributed by atoms with E-state index in [-0.39, 0.29) is 29.5 Å². The number of fused-ring (bicyclic) bond motifs is 4. The number of carbonyl (C=O) groups excluding carboxylic acids is 1. The fourth-order valence-electron chi connectivity index (χ4n) is 6.35. The number of carbonyl (C=O) groups is 1. The van der Waals surface area contributed by atoms with Crippen molar-refractivity contribution >= 4 is 6.09 Å². The first-order chi connectivity index (χ1) is 16.5. The smallest absolute Gasteiger partial charge is 0.407 e. The molecule has 3 fully saturated rings. The third kappa shape index (κ3) is 4.06.